The quantitative estimate of drug-likeness (QED) is 0.292. The summed E-state index contributed by atoms with van der Waals surface area (Å²) in [5, 5.41) is 14.8. The van der Waals surface area contributed by atoms with Crippen LogP contribution in [0.15, 0.2) is 5.16 Å². The van der Waals surface area contributed by atoms with E-state index in [1.807, 2.05) is 6.92 Å². The van der Waals surface area contributed by atoms with Crippen LogP contribution in [-0.2, 0) is 4.74 Å². The van der Waals surface area contributed by atoms with E-state index in [2.05, 4.69) is 10.5 Å². The summed E-state index contributed by atoms with van der Waals surface area (Å²) in [6, 6.07) is 0.0973. The van der Waals surface area contributed by atoms with Gasteiger partial charge in [-0.3, -0.25) is 0 Å². The van der Waals surface area contributed by atoms with Crippen LogP contribution >= 0.6 is 0 Å². The van der Waals surface area contributed by atoms with E-state index in [4.69, 9.17) is 15.7 Å². The van der Waals surface area contributed by atoms with E-state index in [9.17, 15) is 4.79 Å². The summed E-state index contributed by atoms with van der Waals surface area (Å²) >= 11 is 0. The van der Waals surface area contributed by atoms with Crippen molar-refractivity contribution in [2.75, 3.05) is 19.7 Å². The Labute approximate surface area is 107 Å². The summed E-state index contributed by atoms with van der Waals surface area (Å²) in [5.41, 5.74) is 5.50. The molecule has 0 bridgehead atoms. The van der Waals surface area contributed by atoms with E-state index in [-0.39, 0.29) is 24.0 Å². The first-order chi connectivity index (χ1) is 8.58. The fourth-order valence-corrected chi connectivity index (χ4v) is 1.97. The average Bonchev–Trinajstić information content (AvgIpc) is 2.38. The summed E-state index contributed by atoms with van der Waals surface area (Å²) in [5.74, 6) is 0.169. The number of carbonyl (C=O) groups excluding carboxylic acids is 1. The van der Waals surface area contributed by atoms with Crippen LogP contribution in [0, 0.1) is 0 Å². The van der Waals surface area contributed by atoms with Gasteiger partial charge in [-0.25, -0.2) is 4.79 Å². The number of hydrogen-bond donors (Lipinski definition) is 3. The number of rotatable bonds is 4. The third-order valence-electron chi connectivity index (χ3n) is 3.07. The van der Waals surface area contributed by atoms with Gasteiger partial charge in [0, 0.05) is 19.1 Å². The first-order valence-electron chi connectivity index (χ1n) is 6.23. The molecule has 18 heavy (non-hydrogen) atoms. The first kappa shape index (κ1) is 14.6. The number of nitrogens with one attached hydrogen (secondary N) is 1. The number of nitrogens with two attached hydrogens (primary N) is 1. The van der Waals surface area contributed by atoms with Crippen LogP contribution in [0.5, 0.6) is 0 Å². The molecule has 0 radical (unpaired) electrons. The molecule has 7 heteroatoms. The topological polar surface area (TPSA) is 100 Å². The molecule has 1 rings (SSSR count). The second-order valence-electron chi connectivity index (χ2n) is 4.37. The molecule has 1 aliphatic heterocycles. The van der Waals surface area contributed by atoms with Crippen molar-refractivity contribution in [2.45, 2.75) is 38.8 Å². The highest BCUT2D eigenvalue weighted by Crippen LogP contribution is 2.12. The monoisotopic (exact) mass is 258 g/mol. The Morgan fingerprint density at radius 1 is 1.61 bits per heavy atom. The van der Waals surface area contributed by atoms with E-state index in [0.29, 0.717) is 19.7 Å². The molecule has 0 aliphatic carbocycles. The van der Waals surface area contributed by atoms with Crippen LogP contribution in [-0.4, -0.2) is 53.8 Å². The fourth-order valence-electron chi connectivity index (χ4n) is 1.97. The van der Waals surface area contributed by atoms with Crippen molar-refractivity contribution in [1.29, 1.82) is 0 Å². The minimum Gasteiger partial charge on any atom is -0.450 e. The Kier molecular flexibility index (Phi) is 5.70. The lowest BCUT2D eigenvalue weighted by molar-refractivity contribution is 0.0949. The molecule has 1 atom stereocenters. The van der Waals surface area contributed by atoms with Crippen LogP contribution in [0.2, 0.25) is 0 Å². The normalized spacial score (nSPS) is 19.7. The Morgan fingerprint density at radius 3 is 2.72 bits per heavy atom. The highest BCUT2D eigenvalue weighted by molar-refractivity contribution is 5.84. The maximum Gasteiger partial charge on any atom is 0.409 e. The largest absolute Gasteiger partial charge is 0.450 e. The maximum atomic E-state index is 11.5. The van der Waals surface area contributed by atoms with Crippen molar-refractivity contribution in [2.24, 2.45) is 10.9 Å². The zero-order valence-corrected chi connectivity index (χ0v) is 10.9. The lowest BCUT2D eigenvalue weighted by Crippen LogP contribution is -2.50. The molecular formula is C11H22N4O3. The van der Waals surface area contributed by atoms with Gasteiger partial charge in [-0.05, 0) is 26.7 Å². The molecule has 0 aromatic carbocycles. The number of amidine groups is 1. The Bertz CT molecular complexity index is 301. The molecule has 0 aromatic rings. The van der Waals surface area contributed by atoms with Crippen LogP contribution in [0.25, 0.3) is 0 Å². The van der Waals surface area contributed by atoms with Gasteiger partial charge in [0.25, 0.3) is 0 Å². The molecule has 7 nitrogen and oxygen atoms in total. The molecule has 1 amide bonds. The predicted molar refractivity (Wildman–Crippen MR) is 67.6 cm³/mol. The van der Waals surface area contributed by atoms with E-state index >= 15 is 0 Å². The maximum absolute atomic E-state index is 11.5. The molecule has 0 saturated carbocycles. The van der Waals surface area contributed by atoms with Gasteiger partial charge in [-0.15, -0.1) is 0 Å². The average molecular weight is 258 g/mol. The van der Waals surface area contributed by atoms with Crippen molar-refractivity contribution in [3.63, 3.8) is 0 Å². The lowest BCUT2D eigenvalue weighted by atomic mass is 10.0. The van der Waals surface area contributed by atoms with Crippen LogP contribution in [0.1, 0.15) is 26.7 Å². The van der Waals surface area contributed by atoms with Gasteiger partial charge in [0.15, 0.2) is 5.84 Å². The smallest absolute Gasteiger partial charge is 0.409 e. The SMILES string of the molecule is CCOC(=O)N1CCC(NC(C)C(N)=NO)CC1. The van der Waals surface area contributed by atoms with E-state index < -0.39 is 0 Å². The van der Waals surface area contributed by atoms with Crippen molar-refractivity contribution in [1.82, 2.24) is 10.2 Å². The third kappa shape index (κ3) is 4.06. The zero-order valence-electron chi connectivity index (χ0n) is 10.9. The number of likely N-dealkylation sites (tertiary alicyclic amines) is 1. The molecule has 0 aromatic heterocycles. The molecule has 0 spiro atoms. The number of amides is 1. The number of carbonyl (C=O) groups is 1. The number of nitrogens with zero attached hydrogens (tertiary/aromatic N) is 2. The van der Waals surface area contributed by atoms with Gasteiger partial charge in [-0.1, -0.05) is 5.16 Å². The van der Waals surface area contributed by atoms with Crippen LogP contribution < -0.4 is 11.1 Å². The van der Waals surface area contributed by atoms with Gasteiger partial charge in [0.1, 0.15) is 0 Å². The fraction of sp³-hybridized carbons (Fsp3) is 0.818. The van der Waals surface area contributed by atoms with Gasteiger partial charge < -0.3 is 25.9 Å². The molecule has 1 saturated heterocycles. The Balaban J connectivity index is 2.33. The zero-order chi connectivity index (χ0) is 13.5. The Morgan fingerprint density at radius 2 is 2.22 bits per heavy atom. The summed E-state index contributed by atoms with van der Waals surface area (Å²) in [7, 11) is 0. The number of ether oxygens (including phenoxy) is 1. The van der Waals surface area contributed by atoms with Crippen molar-refractivity contribution in [3.8, 4) is 0 Å². The van der Waals surface area contributed by atoms with E-state index in [1.165, 1.54) is 0 Å². The van der Waals surface area contributed by atoms with Gasteiger partial charge in [-0.2, -0.15) is 0 Å². The van der Waals surface area contributed by atoms with E-state index in [0.717, 1.165) is 12.8 Å². The van der Waals surface area contributed by atoms with Crippen LogP contribution in [0.3, 0.4) is 0 Å². The summed E-state index contributed by atoms with van der Waals surface area (Å²) in [6.45, 7) is 5.37. The van der Waals surface area contributed by atoms with Gasteiger partial charge in [0.05, 0.1) is 12.6 Å². The number of piperidine rings is 1. The molecule has 1 aliphatic rings. The molecule has 1 fully saturated rings. The second-order valence-corrected chi connectivity index (χ2v) is 4.37. The number of oxime groups is 1. The minimum atomic E-state index is -0.250. The highest BCUT2D eigenvalue weighted by Gasteiger charge is 2.24. The summed E-state index contributed by atoms with van der Waals surface area (Å²) < 4.78 is 4.95. The lowest BCUT2D eigenvalue weighted by Gasteiger charge is -2.33. The van der Waals surface area contributed by atoms with Gasteiger partial charge in [0.2, 0.25) is 0 Å². The number of hydrogen-bond acceptors (Lipinski definition) is 5. The van der Waals surface area contributed by atoms with Crippen molar-refractivity contribution < 1.29 is 14.7 Å². The molecule has 104 valence electrons. The molecule has 1 heterocycles. The molecular weight excluding hydrogens is 236 g/mol. The van der Waals surface area contributed by atoms with Gasteiger partial charge >= 0.3 is 6.09 Å². The van der Waals surface area contributed by atoms with Crippen molar-refractivity contribution in [3.05, 3.63) is 0 Å². The summed E-state index contributed by atoms with van der Waals surface area (Å²) in [6.07, 6.45) is 1.42. The Hall–Kier alpha value is -1.50. The predicted octanol–water partition coefficient (Wildman–Crippen LogP) is 0.332. The minimum absolute atomic E-state index is 0.169. The summed E-state index contributed by atoms with van der Waals surface area (Å²) in [4.78, 5) is 13.2. The third-order valence-corrected chi connectivity index (χ3v) is 3.07. The van der Waals surface area contributed by atoms with Crippen LogP contribution in [0.4, 0.5) is 4.79 Å². The highest BCUT2D eigenvalue weighted by atomic mass is 16.6. The standard InChI is InChI=1S/C11H22N4O3/c1-3-18-11(16)15-6-4-9(5-7-15)13-8(2)10(12)14-17/h8-9,13,17H,3-7H2,1-2H3,(H2,12,14). The van der Waals surface area contributed by atoms with Crippen molar-refractivity contribution >= 4 is 11.9 Å². The second kappa shape index (κ2) is 7.05. The molecule has 4 N–H and O–H groups in total. The van der Waals surface area contributed by atoms with E-state index in [1.54, 1.807) is 11.8 Å². The first-order valence-corrected chi connectivity index (χ1v) is 6.23. The molecule has 1 unspecified atom stereocenters.